The first-order valence-corrected chi connectivity index (χ1v) is 16.7. The summed E-state index contributed by atoms with van der Waals surface area (Å²) >= 11 is 2.07. The van der Waals surface area contributed by atoms with Gasteiger partial charge in [0.25, 0.3) is 0 Å². The number of imide groups is 1. The Labute approximate surface area is 283 Å². The third-order valence-electron chi connectivity index (χ3n) is 8.86. The van der Waals surface area contributed by atoms with Gasteiger partial charge >= 0.3 is 0 Å². The molecular formula is C37H40INO7. The van der Waals surface area contributed by atoms with Gasteiger partial charge in [0.1, 0.15) is 12.4 Å². The summed E-state index contributed by atoms with van der Waals surface area (Å²) in [7, 11) is 1.52. The normalized spacial score (nSPS) is 20.6. The van der Waals surface area contributed by atoms with Gasteiger partial charge in [-0.25, -0.2) is 0 Å². The first-order valence-electron chi connectivity index (χ1n) is 15.6. The van der Waals surface area contributed by atoms with E-state index in [0.717, 1.165) is 29.6 Å². The van der Waals surface area contributed by atoms with Gasteiger partial charge in [0.15, 0.2) is 11.5 Å². The van der Waals surface area contributed by atoms with Crippen LogP contribution >= 0.6 is 22.6 Å². The highest BCUT2D eigenvalue weighted by Gasteiger charge is 2.55. The fraction of sp³-hybridized carbons (Fsp3) is 0.351. The van der Waals surface area contributed by atoms with E-state index in [0.29, 0.717) is 39.2 Å². The van der Waals surface area contributed by atoms with Gasteiger partial charge in [0.2, 0.25) is 11.8 Å². The molecule has 3 N–H and O–H groups in total. The number of phenolic OH excluding ortho intramolecular Hbond substituents is 1. The zero-order valence-corrected chi connectivity index (χ0v) is 28.2. The maximum Gasteiger partial charge on any atom is 0.238 e. The van der Waals surface area contributed by atoms with Crippen LogP contribution in [-0.4, -0.2) is 53.6 Å². The average molecular weight is 738 g/mol. The van der Waals surface area contributed by atoms with Crippen LogP contribution in [-0.2, 0) is 9.59 Å². The number of nitrogens with zero attached hydrogens (tertiary/aromatic N) is 1. The summed E-state index contributed by atoms with van der Waals surface area (Å²) in [6.07, 6.45) is 4.01. The van der Waals surface area contributed by atoms with Crippen molar-refractivity contribution in [3.05, 3.63) is 98.6 Å². The number of aromatic hydroxyl groups is 1. The second-order valence-electron chi connectivity index (χ2n) is 11.8. The van der Waals surface area contributed by atoms with E-state index in [-0.39, 0.29) is 37.2 Å². The van der Waals surface area contributed by atoms with Crippen LogP contribution in [0.3, 0.4) is 0 Å². The van der Waals surface area contributed by atoms with Gasteiger partial charge < -0.3 is 24.8 Å². The third kappa shape index (κ3) is 7.16. The van der Waals surface area contributed by atoms with Crippen molar-refractivity contribution in [1.29, 1.82) is 0 Å². The molecule has 8 nitrogen and oxygen atoms in total. The summed E-state index contributed by atoms with van der Waals surface area (Å²) in [4.78, 5) is 28.8. The Hall–Kier alpha value is -3.67. The zero-order chi connectivity index (χ0) is 32.8. The number of rotatable bonds is 13. The molecule has 1 aliphatic carbocycles. The third-order valence-corrected chi connectivity index (χ3v) is 9.68. The van der Waals surface area contributed by atoms with E-state index in [1.165, 1.54) is 12.0 Å². The lowest BCUT2D eigenvalue weighted by molar-refractivity contribution is -0.123. The molecule has 9 heteroatoms. The van der Waals surface area contributed by atoms with Crippen molar-refractivity contribution in [3.8, 4) is 17.2 Å². The summed E-state index contributed by atoms with van der Waals surface area (Å²) < 4.78 is 12.1. The minimum absolute atomic E-state index is 0.0984. The molecule has 5 rings (SSSR count). The second kappa shape index (κ2) is 15.3. The lowest BCUT2D eigenvalue weighted by Gasteiger charge is -2.36. The van der Waals surface area contributed by atoms with Gasteiger partial charge in [-0.1, -0.05) is 61.4 Å². The van der Waals surface area contributed by atoms with E-state index in [1.54, 1.807) is 30.3 Å². The van der Waals surface area contributed by atoms with Crippen molar-refractivity contribution in [3.63, 3.8) is 0 Å². The monoisotopic (exact) mass is 737 g/mol. The standard InChI is InChI=1S/C37H40INO7/c1-3-10-23(17-24-18-30(38)35(42)32(19-24)45-2)15-16-31(41)33-25(22-46-27-13-8-5-9-14-27)20-28-34(29(33)21-40)37(44)39(36(28)43)26-11-6-4-7-12-26/h4-9,11-14,17-19,28-29,31,34,40-42H,3,10,15-16,20-22H2,1-2H3/b23-17+/t28-,29+,31-,34-/m1/s1. The van der Waals surface area contributed by atoms with Crippen molar-refractivity contribution in [1.82, 2.24) is 0 Å². The minimum atomic E-state index is -0.962. The Kier molecular flexibility index (Phi) is 11.2. The number of hydrogen-bond acceptors (Lipinski definition) is 7. The molecule has 3 aromatic carbocycles. The van der Waals surface area contributed by atoms with Crippen LogP contribution in [0.25, 0.3) is 6.08 Å². The minimum Gasteiger partial charge on any atom is -0.504 e. The molecule has 0 radical (unpaired) electrons. The van der Waals surface area contributed by atoms with E-state index >= 15 is 0 Å². The number of aliphatic hydroxyl groups is 2. The molecule has 0 aromatic heterocycles. The summed E-state index contributed by atoms with van der Waals surface area (Å²) in [6, 6.07) is 21.8. The van der Waals surface area contributed by atoms with Gasteiger partial charge in [-0.05, 0) is 101 Å². The van der Waals surface area contributed by atoms with Crippen molar-refractivity contribution in [2.75, 3.05) is 25.2 Å². The maximum absolute atomic E-state index is 13.9. The molecule has 242 valence electrons. The van der Waals surface area contributed by atoms with E-state index in [9.17, 15) is 24.9 Å². The number of allylic oxidation sites excluding steroid dienone is 1. The number of amides is 2. The van der Waals surface area contributed by atoms with E-state index in [1.807, 2.05) is 42.5 Å². The molecule has 1 aliphatic heterocycles. The SMILES string of the molecule is CCC/C(=C\c1cc(I)c(O)c(OC)c1)CC[C@@H](O)C1=C(COc2ccccc2)C[C@H]2C(=O)N(c3ccccc3)C(=O)[C@H]2[C@H]1CO. The van der Waals surface area contributed by atoms with Crippen LogP contribution in [0.4, 0.5) is 5.69 Å². The van der Waals surface area contributed by atoms with E-state index in [4.69, 9.17) is 9.47 Å². The van der Waals surface area contributed by atoms with E-state index in [2.05, 4.69) is 35.6 Å². The highest BCUT2D eigenvalue weighted by atomic mass is 127. The number of fused-ring (bicyclic) bond motifs is 1. The summed E-state index contributed by atoms with van der Waals surface area (Å²) in [6.45, 7) is 1.84. The summed E-state index contributed by atoms with van der Waals surface area (Å²) in [5, 5.41) is 32.9. The van der Waals surface area contributed by atoms with Crippen LogP contribution in [0.1, 0.15) is 44.6 Å². The van der Waals surface area contributed by atoms with Crippen LogP contribution in [0.2, 0.25) is 0 Å². The highest BCUT2D eigenvalue weighted by molar-refractivity contribution is 14.1. The van der Waals surface area contributed by atoms with Gasteiger partial charge in [-0.15, -0.1) is 0 Å². The Balaban J connectivity index is 1.45. The fourth-order valence-corrected chi connectivity index (χ4v) is 7.37. The Morgan fingerprint density at radius 1 is 1.04 bits per heavy atom. The molecule has 4 atom stereocenters. The first kappa shape index (κ1) is 33.7. The molecule has 0 spiro atoms. The van der Waals surface area contributed by atoms with Crippen LogP contribution in [0, 0.1) is 21.3 Å². The first-order chi connectivity index (χ1) is 22.3. The number of methoxy groups -OCH3 is 1. The highest BCUT2D eigenvalue weighted by Crippen LogP contribution is 2.47. The topological polar surface area (TPSA) is 117 Å². The smallest absolute Gasteiger partial charge is 0.238 e. The van der Waals surface area contributed by atoms with E-state index < -0.39 is 23.9 Å². The molecule has 2 aliphatic rings. The number of ether oxygens (including phenoxy) is 2. The van der Waals surface area contributed by atoms with Crippen LogP contribution in [0.5, 0.6) is 17.2 Å². The number of phenols is 1. The lowest BCUT2D eigenvalue weighted by atomic mass is 9.68. The molecule has 3 aromatic rings. The number of halogens is 1. The number of para-hydroxylation sites is 2. The van der Waals surface area contributed by atoms with Gasteiger partial charge in [0, 0.05) is 5.92 Å². The van der Waals surface area contributed by atoms with Crippen LogP contribution in [0.15, 0.2) is 89.5 Å². The van der Waals surface area contributed by atoms with Gasteiger partial charge in [-0.3, -0.25) is 14.5 Å². The Morgan fingerprint density at radius 3 is 2.39 bits per heavy atom. The quantitative estimate of drug-likeness (QED) is 0.104. The van der Waals surface area contributed by atoms with Crippen molar-refractivity contribution in [2.45, 2.75) is 45.1 Å². The molecule has 1 saturated heterocycles. The number of anilines is 1. The van der Waals surface area contributed by atoms with Crippen LogP contribution < -0.4 is 14.4 Å². The fourth-order valence-electron chi connectivity index (χ4n) is 6.75. The van der Waals surface area contributed by atoms with Crippen molar-refractivity contribution < 1.29 is 34.4 Å². The van der Waals surface area contributed by atoms with Gasteiger partial charge in [0.05, 0.1) is 40.9 Å². The largest absolute Gasteiger partial charge is 0.504 e. The molecule has 1 heterocycles. The Bertz CT molecular complexity index is 1600. The molecule has 0 saturated carbocycles. The lowest BCUT2D eigenvalue weighted by Crippen LogP contribution is -2.40. The molecule has 1 fully saturated rings. The molecule has 0 bridgehead atoms. The average Bonchev–Trinajstić information content (AvgIpc) is 3.32. The number of hydrogen-bond donors (Lipinski definition) is 3. The molecule has 2 amide bonds. The number of carbonyl (C=O) groups is 2. The number of benzene rings is 3. The molecule has 46 heavy (non-hydrogen) atoms. The van der Waals surface area contributed by atoms with Gasteiger partial charge in [-0.2, -0.15) is 0 Å². The molecule has 0 unspecified atom stereocenters. The Morgan fingerprint density at radius 2 is 1.74 bits per heavy atom. The van der Waals surface area contributed by atoms with Crippen molar-refractivity contribution in [2.24, 2.45) is 17.8 Å². The maximum atomic E-state index is 13.9. The second-order valence-corrected chi connectivity index (χ2v) is 13.0. The zero-order valence-electron chi connectivity index (χ0n) is 26.1. The number of aliphatic hydroxyl groups excluding tert-OH is 2. The predicted octanol–water partition coefficient (Wildman–Crippen LogP) is 6.52. The predicted molar refractivity (Wildman–Crippen MR) is 186 cm³/mol. The molecular weight excluding hydrogens is 697 g/mol. The summed E-state index contributed by atoms with van der Waals surface area (Å²) in [5.41, 5.74) is 3.84. The number of carbonyl (C=O) groups excluding carboxylic acids is 2. The summed E-state index contributed by atoms with van der Waals surface area (Å²) in [5.74, 6) is -1.66. The van der Waals surface area contributed by atoms with Crippen molar-refractivity contribution >= 4 is 46.2 Å².